The summed E-state index contributed by atoms with van der Waals surface area (Å²) in [6.45, 7) is 0. The molecule has 2 N–H and O–H groups in total. The van der Waals surface area contributed by atoms with Gasteiger partial charge in [-0.3, -0.25) is 15.4 Å². The molecule has 3 rings (SSSR count). The highest BCUT2D eigenvalue weighted by molar-refractivity contribution is 7.14. The molecule has 2 aromatic carbocycles. The van der Waals surface area contributed by atoms with Crippen LogP contribution in [0.1, 0.15) is 0 Å². The van der Waals surface area contributed by atoms with Gasteiger partial charge >= 0.3 is 6.03 Å². The van der Waals surface area contributed by atoms with Gasteiger partial charge in [-0.1, -0.05) is 30.3 Å². The van der Waals surface area contributed by atoms with E-state index in [1.165, 1.54) is 35.6 Å². The van der Waals surface area contributed by atoms with Crippen LogP contribution in [0, 0.1) is 10.1 Å². The van der Waals surface area contributed by atoms with Gasteiger partial charge in [-0.05, 0) is 12.1 Å². The number of aromatic nitrogens is 1. The fraction of sp³-hybridized carbons (Fsp3) is 0. The molecule has 3 aromatic rings. The molecular weight excluding hydrogens is 328 g/mol. The van der Waals surface area contributed by atoms with Crippen molar-refractivity contribution in [1.29, 1.82) is 0 Å². The fourth-order valence-corrected chi connectivity index (χ4v) is 2.71. The Morgan fingerprint density at radius 3 is 2.42 bits per heavy atom. The smallest absolute Gasteiger partial charge is 0.308 e. The van der Waals surface area contributed by atoms with Gasteiger partial charge in [-0.25, -0.2) is 9.78 Å². The summed E-state index contributed by atoms with van der Waals surface area (Å²) < 4.78 is 0. The first-order valence-corrected chi connectivity index (χ1v) is 7.83. The lowest BCUT2D eigenvalue weighted by molar-refractivity contribution is -0.384. The number of non-ortho nitro benzene ring substituents is 1. The second-order valence-electron chi connectivity index (χ2n) is 4.79. The lowest BCUT2D eigenvalue weighted by Gasteiger charge is -2.04. The van der Waals surface area contributed by atoms with Crippen molar-refractivity contribution in [3.63, 3.8) is 0 Å². The Hall–Kier alpha value is -3.26. The van der Waals surface area contributed by atoms with E-state index in [0.717, 1.165) is 11.3 Å². The molecule has 120 valence electrons. The zero-order valence-electron chi connectivity index (χ0n) is 12.3. The van der Waals surface area contributed by atoms with E-state index >= 15 is 0 Å². The van der Waals surface area contributed by atoms with E-state index in [9.17, 15) is 14.9 Å². The average Bonchev–Trinajstić information content (AvgIpc) is 3.04. The van der Waals surface area contributed by atoms with Crippen LogP contribution in [-0.4, -0.2) is 15.9 Å². The zero-order chi connectivity index (χ0) is 16.9. The molecule has 2 amide bonds. The topological polar surface area (TPSA) is 97.2 Å². The van der Waals surface area contributed by atoms with Crippen molar-refractivity contribution in [3.05, 3.63) is 70.1 Å². The predicted octanol–water partition coefficient (Wildman–Crippen LogP) is 4.36. The average molecular weight is 340 g/mol. The van der Waals surface area contributed by atoms with Gasteiger partial charge in [0.05, 0.1) is 10.6 Å². The van der Waals surface area contributed by atoms with E-state index in [1.54, 1.807) is 0 Å². The number of carbonyl (C=O) groups is 1. The largest absolute Gasteiger partial charge is 0.325 e. The Labute approximate surface area is 141 Å². The molecule has 0 saturated heterocycles. The number of hydrogen-bond donors (Lipinski definition) is 2. The number of nitrogens with zero attached hydrogens (tertiary/aromatic N) is 2. The van der Waals surface area contributed by atoms with E-state index in [1.807, 2.05) is 35.7 Å². The normalized spacial score (nSPS) is 10.2. The Bertz CT molecular complexity index is 863. The SMILES string of the molecule is O=C(Nc1ccc([N+](=O)[O-])cc1)Nc1nc(-c2ccccc2)cs1. The fourth-order valence-electron chi connectivity index (χ4n) is 2.00. The molecule has 0 unspecified atom stereocenters. The first-order valence-electron chi connectivity index (χ1n) is 6.95. The van der Waals surface area contributed by atoms with Crippen molar-refractivity contribution in [2.24, 2.45) is 0 Å². The van der Waals surface area contributed by atoms with Crippen LogP contribution in [0.4, 0.5) is 21.3 Å². The Morgan fingerprint density at radius 1 is 1.04 bits per heavy atom. The van der Waals surface area contributed by atoms with E-state index in [4.69, 9.17) is 0 Å². The first kappa shape index (κ1) is 15.6. The van der Waals surface area contributed by atoms with Crippen molar-refractivity contribution in [1.82, 2.24) is 4.98 Å². The van der Waals surface area contributed by atoms with Crippen LogP contribution in [0.5, 0.6) is 0 Å². The number of amides is 2. The highest BCUT2D eigenvalue weighted by Gasteiger charge is 2.09. The molecule has 8 heteroatoms. The number of nitro groups is 1. The number of hydrogen-bond acceptors (Lipinski definition) is 5. The molecule has 0 saturated carbocycles. The molecule has 7 nitrogen and oxygen atoms in total. The maximum atomic E-state index is 12.0. The molecule has 1 heterocycles. The number of urea groups is 1. The Kier molecular flexibility index (Phi) is 4.48. The van der Waals surface area contributed by atoms with Gasteiger partial charge in [0.15, 0.2) is 5.13 Å². The summed E-state index contributed by atoms with van der Waals surface area (Å²) in [6, 6.07) is 14.8. The first-order chi connectivity index (χ1) is 11.6. The van der Waals surface area contributed by atoms with E-state index in [-0.39, 0.29) is 5.69 Å². The zero-order valence-corrected chi connectivity index (χ0v) is 13.1. The van der Waals surface area contributed by atoms with Crippen LogP contribution in [0.3, 0.4) is 0 Å². The molecule has 0 bridgehead atoms. The minimum absolute atomic E-state index is 0.0339. The number of nitrogens with one attached hydrogen (secondary N) is 2. The van der Waals surface area contributed by atoms with E-state index in [0.29, 0.717) is 10.8 Å². The second kappa shape index (κ2) is 6.88. The van der Waals surface area contributed by atoms with Crippen LogP contribution in [0.25, 0.3) is 11.3 Å². The third kappa shape index (κ3) is 3.73. The van der Waals surface area contributed by atoms with Crippen LogP contribution < -0.4 is 10.6 Å². The number of rotatable bonds is 4. The molecule has 0 aliphatic heterocycles. The number of anilines is 2. The minimum Gasteiger partial charge on any atom is -0.308 e. The number of thiazole rings is 1. The van der Waals surface area contributed by atoms with Gasteiger partial charge in [0.2, 0.25) is 0 Å². The number of benzene rings is 2. The van der Waals surface area contributed by atoms with Gasteiger partial charge in [-0.15, -0.1) is 11.3 Å². The molecule has 0 aliphatic rings. The molecular formula is C16H12N4O3S. The summed E-state index contributed by atoms with van der Waals surface area (Å²) in [5.74, 6) is 0. The molecule has 0 atom stereocenters. The van der Waals surface area contributed by atoms with Gasteiger partial charge in [0.1, 0.15) is 0 Å². The summed E-state index contributed by atoms with van der Waals surface area (Å²) in [4.78, 5) is 26.4. The van der Waals surface area contributed by atoms with E-state index in [2.05, 4.69) is 15.6 Å². The summed E-state index contributed by atoms with van der Waals surface area (Å²) in [7, 11) is 0. The van der Waals surface area contributed by atoms with Crippen molar-refractivity contribution in [2.45, 2.75) is 0 Å². The molecule has 0 aliphatic carbocycles. The quantitative estimate of drug-likeness (QED) is 0.544. The highest BCUT2D eigenvalue weighted by Crippen LogP contribution is 2.24. The highest BCUT2D eigenvalue weighted by atomic mass is 32.1. The van der Waals surface area contributed by atoms with Gasteiger partial charge in [0, 0.05) is 28.8 Å². The molecule has 0 spiro atoms. The minimum atomic E-state index is -0.496. The number of carbonyl (C=O) groups excluding carboxylic acids is 1. The van der Waals surface area contributed by atoms with E-state index < -0.39 is 11.0 Å². The lowest BCUT2D eigenvalue weighted by atomic mass is 10.2. The van der Waals surface area contributed by atoms with Crippen LogP contribution in [0.15, 0.2) is 60.0 Å². The summed E-state index contributed by atoms with van der Waals surface area (Å²) >= 11 is 1.32. The van der Waals surface area contributed by atoms with Crippen molar-refractivity contribution < 1.29 is 9.72 Å². The monoisotopic (exact) mass is 340 g/mol. The standard InChI is InChI=1S/C16H12N4O3S/c21-15(17-12-6-8-13(9-7-12)20(22)23)19-16-18-14(10-24-16)11-4-2-1-3-5-11/h1-10H,(H2,17,18,19,21). The van der Waals surface area contributed by atoms with Gasteiger partial charge < -0.3 is 5.32 Å². The third-order valence-electron chi connectivity index (χ3n) is 3.13. The lowest BCUT2D eigenvalue weighted by Crippen LogP contribution is -2.19. The maximum Gasteiger partial charge on any atom is 0.325 e. The molecule has 24 heavy (non-hydrogen) atoms. The summed E-state index contributed by atoms with van der Waals surface area (Å²) in [5, 5.41) is 18.2. The summed E-state index contributed by atoms with van der Waals surface area (Å²) in [6.07, 6.45) is 0. The maximum absolute atomic E-state index is 12.0. The van der Waals surface area contributed by atoms with Crippen LogP contribution >= 0.6 is 11.3 Å². The Morgan fingerprint density at radius 2 is 1.75 bits per heavy atom. The van der Waals surface area contributed by atoms with Crippen LogP contribution in [-0.2, 0) is 0 Å². The number of nitro benzene ring substituents is 1. The van der Waals surface area contributed by atoms with Crippen molar-refractivity contribution >= 4 is 33.9 Å². The summed E-state index contributed by atoms with van der Waals surface area (Å²) in [5.41, 5.74) is 2.18. The Balaban J connectivity index is 1.63. The van der Waals surface area contributed by atoms with Crippen molar-refractivity contribution in [2.75, 3.05) is 10.6 Å². The molecule has 1 aromatic heterocycles. The predicted molar refractivity (Wildman–Crippen MR) is 93.3 cm³/mol. The third-order valence-corrected chi connectivity index (χ3v) is 3.89. The van der Waals surface area contributed by atoms with Crippen LogP contribution in [0.2, 0.25) is 0 Å². The van der Waals surface area contributed by atoms with Gasteiger partial charge in [0.25, 0.3) is 5.69 Å². The molecule has 0 fully saturated rings. The van der Waals surface area contributed by atoms with Gasteiger partial charge in [-0.2, -0.15) is 0 Å². The van der Waals surface area contributed by atoms with Crippen molar-refractivity contribution in [3.8, 4) is 11.3 Å². The second-order valence-corrected chi connectivity index (χ2v) is 5.65. The molecule has 0 radical (unpaired) electrons.